The van der Waals surface area contributed by atoms with E-state index in [0.717, 1.165) is 53.0 Å². The zero-order chi connectivity index (χ0) is 18.3. The van der Waals surface area contributed by atoms with E-state index < -0.39 is 0 Å². The van der Waals surface area contributed by atoms with Crippen LogP contribution in [0.1, 0.15) is 19.5 Å². The Morgan fingerprint density at radius 2 is 1.81 bits per heavy atom. The third-order valence-corrected chi connectivity index (χ3v) is 5.95. The minimum Gasteiger partial charge on any atom is -0.344 e. The minimum absolute atomic E-state index is 0.0588. The molecule has 1 saturated heterocycles. The quantitative estimate of drug-likeness (QED) is 0.712. The Bertz CT molecular complexity index is 922. The molecule has 0 unspecified atom stereocenters. The number of rotatable bonds is 3. The van der Waals surface area contributed by atoms with Gasteiger partial charge < -0.3 is 9.80 Å². The van der Waals surface area contributed by atoms with Gasteiger partial charge in [0.05, 0.1) is 16.1 Å². The molecule has 0 N–H and O–H groups in total. The van der Waals surface area contributed by atoms with Crippen LogP contribution >= 0.6 is 11.3 Å². The molecule has 3 heterocycles. The molecule has 0 radical (unpaired) electrons. The van der Waals surface area contributed by atoms with Gasteiger partial charge >= 0.3 is 0 Å². The Morgan fingerprint density at radius 3 is 2.46 bits per heavy atom. The Labute approximate surface area is 157 Å². The van der Waals surface area contributed by atoms with Gasteiger partial charge in [0.1, 0.15) is 0 Å². The summed E-state index contributed by atoms with van der Waals surface area (Å²) >= 11 is 1.69. The maximum absolute atomic E-state index is 12.2. The van der Waals surface area contributed by atoms with Gasteiger partial charge in [-0.1, -0.05) is 43.4 Å². The molecule has 3 aromatic rings. The topological polar surface area (TPSA) is 54.3 Å². The molecule has 7 heteroatoms. The lowest BCUT2D eigenvalue weighted by atomic mass is 10.2. The van der Waals surface area contributed by atoms with Crippen molar-refractivity contribution < 1.29 is 4.79 Å². The van der Waals surface area contributed by atoms with Crippen LogP contribution in [0.3, 0.4) is 0 Å². The highest BCUT2D eigenvalue weighted by atomic mass is 32.1. The summed E-state index contributed by atoms with van der Waals surface area (Å²) in [5, 5.41) is 5.67. The maximum atomic E-state index is 12.2. The van der Waals surface area contributed by atoms with E-state index in [2.05, 4.69) is 10.00 Å². The van der Waals surface area contributed by atoms with E-state index in [-0.39, 0.29) is 11.8 Å². The number of hydrogen-bond donors (Lipinski definition) is 0. The van der Waals surface area contributed by atoms with Crippen LogP contribution in [0.25, 0.3) is 16.0 Å². The molecule has 1 aliphatic heterocycles. The minimum atomic E-state index is 0.0588. The van der Waals surface area contributed by atoms with Gasteiger partial charge in [0.25, 0.3) is 0 Å². The number of fused-ring (bicyclic) bond motifs is 1. The third kappa shape index (κ3) is 2.96. The third-order valence-electron chi connectivity index (χ3n) is 4.73. The Balaban J connectivity index is 1.58. The van der Waals surface area contributed by atoms with Crippen LogP contribution < -0.4 is 4.90 Å². The monoisotopic (exact) mass is 369 g/mol. The predicted octanol–water partition coefficient (Wildman–Crippen LogP) is 3.10. The summed E-state index contributed by atoms with van der Waals surface area (Å²) in [5.41, 5.74) is 2.94. The second kappa shape index (κ2) is 6.72. The van der Waals surface area contributed by atoms with Crippen molar-refractivity contribution in [3.63, 3.8) is 0 Å². The molecule has 6 nitrogen and oxygen atoms in total. The average Bonchev–Trinajstić information content (AvgIpc) is 3.23. The Morgan fingerprint density at radius 1 is 1.12 bits per heavy atom. The second-order valence-corrected chi connectivity index (χ2v) is 7.93. The predicted molar refractivity (Wildman–Crippen MR) is 105 cm³/mol. The van der Waals surface area contributed by atoms with Crippen LogP contribution in [0.5, 0.6) is 0 Å². The maximum Gasteiger partial charge on any atom is 0.225 e. The summed E-state index contributed by atoms with van der Waals surface area (Å²) < 4.78 is 3.05. The fourth-order valence-electron chi connectivity index (χ4n) is 3.29. The summed E-state index contributed by atoms with van der Waals surface area (Å²) in [6.45, 7) is 9.12. The van der Waals surface area contributed by atoms with E-state index in [0.29, 0.717) is 0 Å². The van der Waals surface area contributed by atoms with Crippen LogP contribution in [-0.4, -0.2) is 51.8 Å². The van der Waals surface area contributed by atoms with Gasteiger partial charge in [-0.2, -0.15) is 10.1 Å². The van der Waals surface area contributed by atoms with Crippen molar-refractivity contribution in [2.75, 3.05) is 31.1 Å². The molecule has 1 aliphatic rings. The number of carbonyl (C=O) groups is 1. The average molecular weight is 369 g/mol. The fraction of sp³-hybridized carbons (Fsp3) is 0.421. The fourth-order valence-corrected chi connectivity index (χ4v) is 4.33. The molecule has 0 bridgehead atoms. The van der Waals surface area contributed by atoms with Gasteiger partial charge in [-0.25, -0.2) is 4.68 Å². The summed E-state index contributed by atoms with van der Waals surface area (Å²) in [6.07, 6.45) is 0. The highest BCUT2D eigenvalue weighted by Gasteiger charge is 2.25. The number of aromatic nitrogens is 3. The number of hydrogen-bond acceptors (Lipinski definition) is 5. The van der Waals surface area contributed by atoms with Crippen LogP contribution in [0.2, 0.25) is 0 Å². The zero-order valence-electron chi connectivity index (χ0n) is 15.3. The molecule has 0 spiro atoms. The number of aryl methyl sites for hydroxylation is 1. The summed E-state index contributed by atoms with van der Waals surface area (Å²) in [5.74, 6) is 0.299. The molecule has 0 atom stereocenters. The van der Waals surface area contributed by atoms with E-state index in [1.54, 1.807) is 11.3 Å². The van der Waals surface area contributed by atoms with Crippen molar-refractivity contribution in [3.05, 3.63) is 36.0 Å². The van der Waals surface area contributed by atoms with E-state index in [1.807, 2.05) is 60.7 Å². The van der Waals surface area contributed by atoms with Gasteiger partial charge in [-0.15, -0.1) is 0 Å². The summed E-state index contributed by atoms with van der Waals surface area (Å²) in [7, 11) is 0. The lowest BCUT2D eigenvalue weighted by Gasteiger charge is -2.35. The number of nitrogens with zero attached hydrogens (tertiary/aromatic N) is 5. The van der Waals surface area contributed by atoms with E-state index >= 15 is 0 Å². The molecule has 136 valence electrons. The number of carbonyl (C=O) groups excluding carboxylic acids is 1. The smallest absolute Gasteiger partial charge is 0.225 e. The van der Waals surface area contributed by atoms with Crippen LogP contribution in [0.4, 0.5) is 5.13 Å². The first-order chi connectivity index (χ1) is 12.5. The van der Waals surface area contributed by atoms with E-state index in [9.17, 15) is 4.79 Å². The van der Waals surface area contributed by atoms with Crippen molar-refractivity contribution >= 4 is 32.7 Å². The SMILES string of the molecule is Cc1nn(-c2ccccc2)c2nc(N3CCN(C(=O)C(C)C)CC3)sc12. The first kappa shape index (κ1) is 17.0. The first-order valence-corrected chi connectivity index (χ1v) is 9.81. The largest absolute Gasteiger partial charge is 0.344 e. The summed E-state index contributed by atoms with van der Waals surface area (Å²) in [4.78, 5) is 21.3. The molecule has 1 aromatic carbocycles. The van der Waals surface area contributed by atoms with Gasteiger partial charge in [-0.05, 0) is 19.1 Å². The lowest BCUT2D eigenvalue weighted by Crippen LogP contribution is -2.49. The molecule has 1 fully saturated rings. The second-order valence-electron chi connectivity index (χ2n) is 6.95. The number of amides is 1. The standard InChI is InChI=1S/C19H23N5OS/c1-13(2)18(25)22-9-11-23(12-10-22)19-20-17-16(26-19)14(3)21-24(17)15-7-5-4-6-8-15/h4-8,13H,9-12H2,1-3H3. The Kier molecular flexibility index (Phi) is 4.40. The number of para-hydroxylation sites is 1. The van der Waals surface area contributed by atoms with Crippen molar-refractivity contribution in [2.24, 2.45) is 5.92 Å². The van der Waals surface area contributed by atoms with E-state index in [4.69, 9.17) is 4.98 Å². The van der Waals surface area contributed by atoms with Gasteiger partial charge in [0.2, 0.25) is 5.91 Å². The van der Waals surface area contributed by atoms with Crippen molar-refractivity contribution in [3.8, 4) is 5.69 Å². The molecule has 1 amide bonds. The van der Waals surface area contributed by atoms with Gasteiger partial charge in [-0.3, -0.25) is 4.79 Å². The van der Waals surface area contributed by atoms with Crippen molar-refractivity contribution in [1.29, 1.82) is 0 Å². The number of benzene rings is 1. The number of anilines is 1. The van der Waals surface area contributed by atoms with Crippen LogP contribution in [-0.2, 0) is 4.79 Å². The Hall–Kier alpha value is -2.41. The molecule has 0 saturated carbocycles. The number of piperazine rings is 1. The normalized spacial score (nSPS) is 15.2. The molecule has 4 rings (SSSR count). The van der Waals surface area contributed by atoms with Crippen molar-refractivity contribution in [1.82, 2.24) is 19.7 Å². The lowest BCUT2D eigenvalue weighted by molar-refractivity contribution is -0.134. The molecule has 26 heavy (non-hydrogen) atoms. The molecule has 2 aromatic heterocycles. The molecular formula is C19H23N5OS. The van der Waals surface area contributed by atoms with Gasteiger partial charge in [0.15, 0.2) is 10.8 Å². The number of thiazole rings is 1. The van der Waals surface area contributed by atoms with Gasteiger partial charge in [0, 0.05) is 32.1 Å². The zero-order valence-corrected chi connectivity index (χ0v) is 16.2. The molecular weight excluding hydrogens is 346 g/mol. The highest BCUT2D eigenvalue weighted by molar-refractivity contribution is 7.22. The summed E-state index contributed by atoms with van der Waals surface area (Å²) in [6, 6.07) is 10.1. The highest BCUT2D eigenvalue weighted by Crippen LogP contribution is 2.33. The van der Waals surface area contributed by atoms with E-state index in [1.165, 1.54) is 0 Å². The molecule has 0 aliphatic carbocycles. The van der Waals surface area contributed by atoms with Crippen LogP contribution in [0.15, 0.2) is 30.3 Å². The first-order valence-electron chi connectivity index (χ1n) is 9.00. The van der Waals surface area contributed by atoms with Crippen molar-refractivity contribution in [2.45, 2.75) is 20.8 Å². The van der Waals surface area contributed by atoms with Crippen LogP contribution in [0, 0.1) is 12.8 Å².